The van der Waals surface area contributed by atoms with Crippen molar-refractivity contribution in [1.82, 2.24) is 10.2 Å². The van der Waals surface area contributed by atoms with Gasteiger partial charge in [-0.15, -0.1) is 0 Å². The van der Waals surface area contributed by atoms with Gasteiger partial charge in [-0.3, -0.25) is 4.79 Å². The lowest BCUT2D eigenvalue weighted by atomic mass is 9.96. The number of likely N-dealkylation sites (tertiary alicyclic amines) is 1. The minimum Gasteiger partial charge on any atom is -0.493 e. The van der Waals surface area contributed by atoms with E-state index in [-0.39, 0.29) is 12.5 Å². The van der Waals surface area contributed by atoms with E-state index in [2.05, 4.69) is 24.1 Å². The van der Waals surface area contributed by atoms with E-state index in [4.69, 9.17) is 9.47 Å². The summed E-state index contributed by atoms with van der Waals surface area (Å²) >= 11 is 0. The van der Waals surface area contributed by atoms with Gasteiger partial charge in [0.15, 0.2) is 18.1 Å². The number of methoxy groups -OCH3 is 1. The van der Waals surface area contributed by atoms with Gasteiger partial charge in [0, 0.05) is 12.6 Å². The van der Waals surface area contributed by atoms with Gasteiger partial charge in [-0.25, -0.2) is 0 Å². The van der Waals surface area contributed by atoms with Crippen LogP contribution in [0.25, 0.3) is 0 Å². The standard InChI is InChI=1S/C18H28N2O3/c1-14(2)20-10-8-15(9-11-20)12-19-18(21)13-23-17-7-5-4-6-16(17)22-3/h4-7,14-15H,8-13H2,1-3H3,(H,19,21). The highest BCUT2D eigenvalue weighted by molar-refractivity contribution is 5.77. The normalized spacial score (nSPS) is 16.3. The van der Waals surface area contributed by atoms with Crippen LogP contribution < -0.4 is 14.8 Å². The number of nitrogens with zero attached hydrogens (tertiary/aromatic N) is 1. The molecule has 1 saturated heterocycles. The van der Waals surface area contributed by atoms with Gasteiger partial charge >= 0.3 is 0 Å². The van der Waals surface area contributed by atoms with Crippen molar-refractivity contribution in [3.8, 4) is 11.5 Å². The highest BCUT2D eigenvalue weighted by Gasteiger charge is 2.21. The molecule has 23 heavy (non-hydrogen) atoms. The molecule has 1 heterocycles. The molecule has 1 N–H and O–H groups in total. The Bertz CT molecular complexity index is 497. The lowest BCUT2D eigenvalue weighted by Gasteiger charge is -2.34. The minimum absolute atomic E-state index is 0.0191. The van der Waals surface area contributed by atoms with E-state index in [1.54, 1.807) is 13.2 Å². The first-order valence-electron chi connectivity index (χ1n) is 8.36. The van der Waals surface area contributed by atoms with Crippen LogP contribution in [0.5, 0.6) is 11.5 Å². The molecule has 0 aromatic heterocycles. The van der Waals surface area contributed by atoms with Crippen LogP contribution in [-0.4, -0.2) is 50.2 Å². The van der Waals surface area contributed by atoms with Crippen LogP contribution in [0, 0.1) is 5.92 Å². The molecule has 1 aliphatic rings. The van der Waals surface area contributed by atoms with Gasteiger partial charge in [0.1, 0.15) is 0 Å². The van der Waals surface area contributed by atoms with Crippen molar-refractivity contribution in [2.24, 2.45) is 5.92 Å². The molecule has 0 spiro atoms. The van der Waals surface area contributed by atoms with Gasteiger partial charge in [0.25, 0.3) is 5.91 Å². The van der Waals surface area contributed by atoms with E-state index < -0.39 is 0 Å². The van der Waals surface area contributed by atoms with Crippen molar-refractivity contribution in [2.75, 3.05) is 33.4 Å². The summed E-state index contributed by atoms with van der Waals surface area (Å²) in [5.41, 5.74) is 0. The Morgan fingerprint density at radius 2 is 1.91 bits per heavy atom. The van der Waals surface area contributed by atoms with E-state index in [1.807, 2.05) is 18.2 Å². The second-order valence-corrected chi connectivity index (χ2v) is 6.32. The van der Waals surface area contributed by atoms with E-state index in [0.29, 0.717) is 23.5 Å². The number of piperidine rings is 1. The average Bonchev–Trinajstić information content (AvgIpc) is 2.58. The molecule has 0 aliphatic carbocycles. The number of carbonyl (C=O) groups is 1. The number of carbonyl (C=O) groups excluding carboxylic acids is 1. The lowest BCUT2D eigenvalue weighted by Crippen LogP contribution is -2.42. The number of hydrogen-bond acceptors (Lipinski definition) is 4. The Balaban J connectivity index is 1.68. The quantitative estimate of drug-likeness (QED) is 0.837. The largest absolute Gasteiger partial charge is 0.493 e. The summed E-state index contributed by atoms with van der Waals surface area (Å²) in [7, 11) is 1.59. The fourth-order valence-corrected chi connectivity index (χ4v) is 2.86. The van der Waals surface area contributed by atoms with Crippen molar-refractivity contribution < 1.29 is 14.3 Å². The maximum atomic E-state index is 11.9. The summed E-state index contributed by atoms with van der Waals surface area (Å²) in [6.07, 6.45) is 2.29. The Morgan fingerprint density at radius 3 is 2.52 bits per heavy atom. The predicted molar refractivity (Wildman–Crippen MR) is 90.9 cm³/mol. The zero-order valence-electron chi connectivity index (χ0n) is 14.4. The van der Waals surface area contributed by atoms with E-state index in [0.717, 1.165) is 32.5 Å². The number of amides is 1. The van der Waals surface area contributed by atoms with Crippen molar-refractivity contribution in [3.05, 3.63) is 24.3 Å². The maximum absolute atomic E-state index is 11.9. The summed E-state index contributed by atoms with van der Waals surface area (Å²) in [4.78, 5) is 14.4. The van der Waals surface area contributed by atoms with E-state index in [1.165, 1.54) is 0 Å². The summed E-state index contributed by atoms with van der Waals surface area (Å²) in [5.74, 6) is 1.72. The number of rotatable bonds is 7. The number of hydrogen-bond donors (Lipinski definition) is 1. The third-order valence-corrected chi connectivity index (χ3v) is 4.40. The Kier molecular flexibility index (Phi) is 6.71. The SMILES string of the molecule is COc1ccccc1OCC(=O)NCC1CCN(C(C)C)CC1. The van der Waals surface area contributed by atoms with Crippen molar-refractivity contribution in [1.29, 1.82) is 0 Å². The first kappa shape index (κ1) is 17.6. The Hall–Kier alpha value is -1.75. The number of ether oxygens (including phenoxy) is 2. The molecule has 128 valence electrons. The van der Waals surface area contributed by atoms with Crippen LogP contribution in [0.4, 0.5) is 0 Å². The smallest absolute Gasteiger partial charge is 0.257 e. The molecule has 1 fully saturated rings. The summed E-state index contributed by atoms with van der Waals surface area (Å²) in [6.45, 7) is 7.46. The van der Waals surface area contributed by atoms with Gasteiger partial charge in [-0.1, -0.05) is 12.1 Å². The third kappa shape index (κ3) is 5.43. The summed E-state index contributed by atoms with van der Waals surface area (Å²) in [6, 6.07) is 7.96. The number of nitrogens with one attached hydrogen (secondary N) is 1. The fourth-order valence-electron chi connectivity index (χ4n) is 2.86. The van der Waals surface area contributed by atoms with Gasteiger partial charge in [0.2, 0.25) is 0 Å². The molecule has 1 aromatic carbocycles. The first-order chi connectivity index (χ1) is 11.1. The summed E-state index contributed by atoms with van der Waals surface area (Å²) in [5, 5.41) is 2.98. The molecule has 0 saturated carbocycles. The number of para-hydroxylation sites is 2. The van der Waals surface area contributed by atoms with Gasteiger partial charge in [0.05, 0.1) is 7.11 Å². The molecule has 0 bridgehead atoms. The molecule has 1 aliphatic heterocycles. The molecule has 1 aromatic rings. The highest BCUT2D eigenvalue weighted by Crippen LogP contribution is 2.25. The highest BCUT2D eigenvalue weighted by atomic mass is 16.5. The second-order valence-electron chi connectivity index (χ2n) is 6.32. The zero-order valence-corrected chi connectivity index (χ0v) is 14.4. The molecular weight excluding hydrogens is 292 g/mol. The Morgan fingerprint density at radius 1 is 1.26 bits per heavy atom. The van der Waals surface area contributed by atoms with Crippen LogP contribution in [0.3, 0.4) is 0 Å². The zero-order chi connectivity index (χ0) is 16.7. The molecule has 2 rings (SSSR count). The topological polar surface area (TPSA) is 50.8 Å². The van der Waals surface area contributed by atoms with Gasteiger partial charge in [-0.2, -0.15) is 0 Å². The molecule has 5 heteroatoms. The number of benzene rings is 1. The molecular formula is C18H28N2O3. The molecule has 5 nitrogen and oxygen atoms in total. The van der Waals surface area contributed by atoms with Crippen molar-refractivity contribution >= 4 is 5.91 Å². The van der Waals surface area contributed by atoms with Crippen LogP contribution in [-0.2, 0) is 4.79 Å². The molecule has 0 unspecified atom stereocenters. The third-order valence-electron chi connectivity index (χ3n) is 4.40. The molecule has 0 atom stereocenters. The average molecular weight is 320 g/mol. The molecule has 0 radical (unpaired) electrons. The summed E-state index contributed by atoms with van der Waals surface area (Å²) < 4.78 is 10.7. The first-order valence-corrected chi connectivity index (χ1v) is 8.36. The van der Waals surface area contributed by atoms with Gasteiger partial charge in [-0.05, 0) is 57.8 Å². The van der Waals surface area contributed by atoms with Gasteiger partial charge < -0.3 is 19.7 Å². The van der Waals surface area contributed by atoms with Crippen LogP contribution in [0.15, 0.2) is 24.3 Å². The minimum atomic E-state index is -0.0813. The monoisotopic (exact) mass is 320 g/mol. The van der Waals surface area contributed by atoms with Crippen LogP contribution in [0.1, 0.15) is 26.7 Å². The van der Waals surface area contributed by atoms with E-state index >= 15 is 0 Å². The van der Waals surface area contributed by atoms with Crippen molar-refractivity contribution in [3.63, 3.8) is 0 Å². The van der Waals surface area contributed by atoms with Crippen LogP contribution >= 0.6 is 0 Å². The van der Waals surface area contributed by atoms with Crippen LogP contribution in [0.2, 0.25) is 0 Å². The van der Waals surface area contributed by atoms with Crippen molar-refractivity contribution in [2.45, 2.75) is 32.7 Å². The second kappa shape index (κ2) is 8.77. The Labute approximate surface area is 139 Å². The fraction of sp³-hybridized carbons (Fsp3) is 0.611. The molecule has 1 amide bonds. The van der Waals surface area contributed by atoms with E-state index in [9.17, 15) is 4.79 Å². The lowest BCUT2D eigenvalue weighted by molar-refractivity contribution is -0.123. The predicted octanol–water partition coefficient (Wildman–Crippen LogP) is 2.31. The maximum Gasteiger partial charge on any atom is 0.257 e.